The smallest absolute Gasteiger partial charge is 0.319 e. The maximum absolute atomic E-state index is 12.1. The van der Waals surface area contributed by atoms with E-state index in [1.165, 1.54) is 0 Å². The van der Waals surface area contributed by atoms with E-state index in [1.54, 1.807) is 6.92 Å². The molecule has 1 aromatic rings. The molecule has 1 aliphatic carbocycles. The molecule has 3 N–H and O–H groups in total. The molecule has 0 saturated heterocycles. The van der Waals surface area contributed by atoms with Gasteiger partial charge in [-0.25, -0.2) is 4.79 Å². The SMILES string of the molecule is Cc1ccc(NC(=O)NC2CCCCC2(C)C(=O)O)cc1. The number of hydrogen-bond donors (Lipinski definition) is 3. The van der Waals surface area contributed by atoms with Gasteiger partial charge in [-0.3, -0.25) is 4.79 Å². The van der Waals surface area contributed by atoms with Crippen LogP contribution in [0.5, 0.6) is 0 Å². The van der Waals surface area contributed by atoms with Crippen molar-refractivity contribution in [2.24, 2.45) is 5.41 Å². The lowest BCUT2D eigenvalue weighted by molar-refractivity contribution is -0.151. The summed E-state index contributed by atoms with van der Waals surface area (Å²) >= 11 is 0. The quantitative estimate of drug-likeness (QED) is 0.800. The Labute approximate surface area is 124 Å². The molecule has 5 nitrogen and oxygen atoms in total. The zero-order valence-electron chi connectivity index (χ0n) is 12.5. The Balaban J connectivity index is 2.00. The van der Waals surface area contributed by atoms with Gasteiger partial charge in [0, 0.05) is 11.7 Å². The number of carbonyl (C=O) groups is 2. The Morgan fingerprint density at radius 1 is 1.24 bits per heavy atom. The van der Waals surface area contributed by atoms with Gasteiger partial charge in [0.2, 0.25) is 0 Å². The first-order chi connectivity index (χ1) is 9.91. The highest BCUT2D eigenvalue weighted by atomic mass is 16.4. The second-order valence-corrected chi connectivity index (χ2v) is 5.99. The molecule has 1 saturated carbocycles. The monoisotopic (exact) mass is 290 g/mol. The zero-order chi connectivity index (χ0) is 15.5. The first-order valence-corrected chi connectivity index (χ1v) is 7.29. The van der Waals surface area contributed by atoms with Crippen molar-refractivity contribution in [1.82, 2.24) is 5.32 Å². The van der Waals surface area contributed by atoms with Gasteiger partial charge < -0.3 is 15.7 Å². The number of carbonyl (C=O) groups excluding carboxylic acids is 1. The van der Waals surface area contributed by atoms with Crippen LogP contribution in [-0.2, 0) is 4.79 Å². The number of carboxylic acids is 1. The predicted molar refractivity (Wildman–Crippen MR) is 81.3 cm³/mol. The second-order valence-electron chi connectivity index (χ2n) is 5.99. The van der Waals surface area contributed by atoms with Crippen molar-refractivity contribution in [3.05, 3.63) is 29.8 Å². The minimum absolute atomic E-state index is 0.339. The number of amides is 2. The summed E-state index contributed by atoms with van der Waals surface area (Å²) in [5, 5.41) is 15.0. The van der Waals surface area contributed by atoms with Gasteiger partial charge in [0.05, 0.1) is 5.41 Å². The third-order valence-corrected chi connectivity index (χ3v) is 4.31. The first-order valence-electron chi connectivity index (χ1n) is 7.29. The van der Waals surface area contributed by atoms with Crippen LogP contribution in [0.3, 0.4) is 0 Å². The fraction of sp³-hybridized carbons (Fsp3) is 0.500. The third-order valence-electron chi connectivity index (χ3n) is 4.31. The van der Waals surface area contributed by atoms with Gasteiger partial charge in [-0.1, -0.05) is 30.5 Å². The van der Waals surface area contributed by atoms with Crippen LogP contribution in [0.15, 0.2) is 24.3 Å². The molecule has 1 aliphatic rings. The van der Waals surface area contributed by atoms with E-state index in [0.29, 0.717) is 18.5 Å². The normalized spacial score (nSPS) is 25.1. The molecule has 5 heteroatoms. The average molecular weight is 290 g/mol. The van der Waals surface area contributed by atoms with Gasteiger partial charge >= 0.3 is 12.0 Å². The van der Waals surface area contributed by atoms with Gasteiger partial charge in [-0.05, 0) is 38.8 Å². The van der Waals surface area contributed by atoms with Crippen LogP contribution in [-0.4, -0.2) is 23.1 Å². The number of rotatable bonds is 3. The number of aryl methyl sites for hydroxylation is 1. The van der Waals surface area contributed by atoms with Crippen molar-refractivity contribution in [1.29, 1.82) is 0 Å². The Kier molecular flexibility index (Phi) is 4.50. The maximum atomic E-state index is 12.1. The number of hydrogen-bond acceptors (Lipinski definition) is 2. The molecule has 0 aliphatic heterocycles. The molecule has 1 fully saturated rings. The molecule has 2 amide bonds. The van der Waals surface area contributed by atoms with Crippen molar-refractivity contribution < 1.29 is 14.7 Å². The summed E-state index contributed by atoms with van der Waals surface area (Å²) in [6.45, 7) is 3.69. The lowest BCUT2D eigenvalue weighted by Crippen LogP contribution is -2.53. The van der Waals surface area contributed by atoms with Crippen molar-refractivity contribution in [3.63, 3.8) is 0 Å². The number of aliphatic carboxylic acids is 1. The molecule has 0 radical (unpaired) electrons. The molecular formula is C16H22N2O3. The summed E-state index contributed by atoms with van der Waals surface area (Å²) < 4.78 is 0. The van der Waals surface area contributed by atoms with E-state index in [1.807, 2.05) is 31.2 Å². The highest BCUT2D eigenvalue weighted by molar-refractivity contribution is 5.90. The number of anilines is 1. The standard InChI is InChI=1S/C16H22N2O3/c1-11-6-8-12(9-7-11)17-15(21)18-13-5-3-4-10-16(13,2)14(19)20/h6-9,13H,3-5,10H2,1-2H3,(H,19,20)(H2,17,18,21). The zero-order valence-corrected chi connectivity index (χ0v) is 12.5. The van der Waals surface area contributed by atoms with E-state index in [9.17, 15) is 14.7 Å². The number of benzene rings is 1. The molecule has 21 heavy (non-hydrogen) atoms. The van der Waals surface area contributed by atoms with Crippen molar-refractivity contribution in [2.45, 2.75) is 45.6 Å². The third kappa shape index (κ3) is 3.54. The van der Waals surface area contributed by atoms with Gasteiger partial charge in [0.25, 0.3) is 0 Å². The molecule has 2 atom stereocenters. The van der Waals surface area contributed by atoms with Crippen LogP contribution in [0.2, 0.25) is 0 Å². The van der Waals surface area contributed by atoms with Gasteiger partial charge in [-0.2, -0.15) is 0 Å². The summed E-state index contributed by atoms with van der Waals surface area (Å²) in [4.78, 5) is 23.6. The fourth-order valence-electron chi connectivity index (χ4n) is 2.78. The fourth-order valence-corrected chi connectivity index (χ4v) is 2.78. The summed E-state index contributed by atoms with van der Waals surface area (Å²) in [6, 6.07) is 6.79. The Hall–Kier alpha value is -2.04. The molecule has 0 spiro atoms. The number of nitrogens with one attached hydrogen (secondary N) is 2. The van der Waals surface area contributed by atoms with Crippen LogP contribution in [0.1, 0.15) is 38.2 Å². The highest BCUT2D eigenvalue weighted by Gasteiger charge is 2.43. The van der Waals surface area contributed by atoms with Crippen LogP contribution in [0.4, 0.5) is 10.5 Å². The van der Waals surface area contributed by atoms with E-state index in [0.717, 1.165) is 18.4 Å². The Bertz CT molecular complexity index is 527. The van der Waals surface area contributed by atoms with Crippen LogP contribution in [0, 0.1) is 12.3 Å². The number of urea groups is 1. The van der Waals surface area contributed by atoms with E-state index >= 15 is 0 Å². The molecular weight excluding hydrogens is 268 g/mol. The molecule has 2 unspecified atom stereocenters. The van der Waals surface area contributed by atoms with Gasteiger partial charge in [0.1, 0.15) is 0 Å². The van der Waals surface area contributed by atoms with Crippen LogP contribution < -0.4 is 10.6 Å². The summed E-state index contributed by atoms with van der Waals surface area (Å²) in [6.07, 6.45) is 3.13. The van der Waals surface area contributed by atoms with Crippen LogP contribution in [0.25, 0.3) is 0 Å². The molecule has 2 rings (SSSR count). The largest absolute Gasteiger partial charge is 0.481 e. The Morgan fingerprint density at radius 2 is 1.90 bits per heavy atom. The van der Waals surface area contributed by atoms with Crippen molar-refractivity contribution >= 4 is 17.7 Å². The predicted octanol–water partition coefficient (Wildman–Crippen LogP) is 3.15. The second kappa shape index (κ2) is 6.16. The van der Waals surface area contributed by atoms with Gasteiger partial charge in [0.15, 0.2) is 0 Å². The first kappa shape index (κ1) is 15.4. The summed E-state index contributed by atoms with van der Waals surface area (Å²) in [5.41, 5.74) is 0.931. The van der Waals surface area contributed by atoms with Gasteiger partial charge in [-0.15, -0.1) is 0 Å². The van der Waals surface area contributed by atoms with E-state index in [-0.39, 0.29) is 12.1 Å². The Morgan fingerprint density at radius 3 is 2.52 bits per heavy atom. The van der Waals surface area contributed by atoms with Crippen molar-refractivity contribution in [3.8, 4) is 0 Å². The maximum Gasteiger partial charge on any atom is 0.319 e. The highest BCUT2D eigenvalue weighted by Crippen LogP contribution is 2.36. The van der Waals surface area contributed by atoms with E-state index < -0.39 is 11.4 Å². The summed E-state index contributed by atoms with van der Waals surface area (Å²) in [7, 11) is 0. The van der Waals surface area contributed by atoms with Crippen LogP contribution >= 0.6 is 0 Å². The summed E-state index contributed by atoms with van der Waals surface area (Å²) in [5.74, 6) is -0.845. The van der Waals surface area contributed by atoms with E-state index in [4.69, 9.17) is 0 Å². The minimum atomic E-state index is -0.886. The number of carboxylic acid groups (broad SMARTS) is 1. The lowest BCUT2D eigenvalue weighted by atomic mass is 9.72. The molecule has 1 aromatic carbocycles. The molecule has 0 bridgehead atoms. The molecule has 0 heterocycles. The minimum Gasteiger partial charge on any atom is -0.481 e. The average Bonchev–Trinajstić information content (AvgIpc) is 2.44. The van der Waals surface area contributed by atoms with E-state index in [2.05, 4.69) is 10.6 Å². The lowest BCUT2D eigenvalue weighted by Gasteiger charge is -2.38. The van der Waals surface area contributed by atoms with Crippen molar-refractivity contribution in [2.75, 3.05) is 5.32 Å². The molecule has 114 valence electrons. The molecule has 0 aromatic heterocycles. The topological polar surface area (TPSA) is 78.4 Å².